The summed E-state index contributed by atoms with van der Waals surface area (Å²) < 4.78 is 2.68. The fourth-order valence-electron chi connectivity index (χ4n) is 6.99. The van der Waals surface area contributed by atoms with Gasteiger partial charge in [0.2, 0.25) is 0 Å². The first kappa shape index (κ1) is 23.0. The standard InChI is InChI=1S/C40H26S/c1-3-11-29-25(9-1)21-35(33-15-7-5-13-31(29)33)27-17-19-39-37(23-27)38-24-28(18-20-40(38)41-39)36-22-26-10-2-4-12-30(26)32-14-6-8-16-34(32)36/h1-11,13,15-24H,12,14H2. The van der Waals surface area contributed by atoms with Crippen LogP contribution in [0.4, 0.5) is 0 Å². The van der Waals surface area contributed by atoms with E-state index in [9.17, 15) is 0 Å². The third kappa shape index (κ3) is 3.53. The molecule has 0 atom stereocenters. The Morgan fingerprint density at radius 3 is 1.95 bits per heavy atom. The van der Waals surface area contributed by atoms with Gasteiger partial charge < -0.3 is 0 Å². The van der Waals surface area contributed by atoms with Crippen LogP contribution in [0.1, 0.15) is 11.1 Å². The molecule has 6 aromatic carbocycles. The quantitative estimate of drug-likeness (QED) is 0.192. The highest BCUT2D eigenvalue weighted by molar-refractivity contribution is 7.25. The second-order valence-corrected chi connectivity index (χ2v) is 12.3. The lowest BCUT2D eigenvalue weighted by Gasteiger charge is -2.17. The molecule has 0 saturated carbocycles. The second kappa shape index (κ2) is 8.89. The fourth-order valence-corrected chi connectivity index (χ4v) is 8.05. The summed E-state index contributed by atoms with van der Waals surface area (Å²) in [5, 5.41) is 10.7. The van der Waals surface area contributed by atoms with Crippen LogP contribution in [0.5, 0.6) is 0 Å². The zero-order chi connectivity index (χ0) is 26.9. The smallest absolute Gasteiger partial charge is 0.0355 e. The maximum Gasteiger partial charge on any atom is 0.0355 e. The van der Waals surface area contributed by atoms with Gasteiger partial charge in [0, 0.05) is 20.2 Å². The van der Waals surface area contributed by atoms with Crippen LogP contribution < -0.4 is 10.4 Å². The number of rotatable bonds is 2. The molecule has 0 fully saturated rings. The van der Waals surface area contributed by atoms with Gasteiger partial charge in [0.05, 0.1) is 0 Å². The van der Waals surface area contributed by atoms with Crippen LogP contribution in [0.15, 0.2) is 121 Å². The minimum Gasteiger partial charge on any atom is -0.135 e. The Hall–Kier alpha value is -4.72. The molecule has 0 radical (unpaired) electrons. The number of benzene rings is 6. The SMILES string of the molecule is C1=CCc2c3c(c(-c4ccc5sc6ccc(-c7cc8ccccc8c8ccccc78)cc6c5c4)cc2=C1)=CC=CC3. The predicted molar refractivity (Wildman–Crippen MR) is 179 cm³/mol. The van der Waals surface area contributed by atoms with Crippen molar-refractivity contribution in [3.05, 3.63) is 143 Å². The summed E-state index contributed by atoms with van der Waals surface area (Å²) in [6, 6.07) is 36.5. The highest BCUT2D eigenvalue weighted by Crippen LogP contribution is 2.40. The molecule has 1 heterocycles. The lowest BCUT2D eigenvalue weighted by molar-refractivity contribution is 1.10. The van der Waals surface area contributed by atoms with Gasteiger partial charge in [0.1, 0.15) is 0 Å². The zero-order valence-corrected chi connectivity index (χ0v) is 23.3. The van der Waals surface area contributed by atoms with Crippen molar-refractivity contribution in [2.45, 2.75) is 12.8 Å². The van der Waals surface area contributed by atoms with E-state index in [1.807, 2.05) is 11.3 Å². The molecule has 0 bridgehead atoms. The largest absolute Gasteiger partial charge is 0.135 e. The molecule has 1 heteroatoms. The molecule has 7 aromatic rings. The van der Waals surface area contributed by atoms with Crippen molar-refractivity contribution in [1.29, 1.82) is 0 Å². The van der Waals surface area contributed by atoms with Crippen molar-refractivity contribution >= 4 is 65.2 Å². The predicted octanol–water partition coefficient (Wildman–Crippen LogP) is 9.48. The van der Waals surface area contributed by atoms with E-state index in [0.29, 0.717) is 0 Å². The highest BCUT2D eigenvalue weighted by Gasteiger charge is 2.16. The molecule has 0 saturated heterocycles. The molecule has 0 unspecified atom stereocenters. The van der Waals surface area contributed by atoms with Crippen LogP contribution in [0.3, 0.4) is 0 Å². The van der Waals surface area contributed by atoms with Crippen molar-refractivity contribution in [2.75, 3.05) is 0 Å². The molecular weight excluding hydrogens is 513 g/mol. The van der Waals surface area contributed by atoms with Gasteiger partial charge in [0.15, 0.2) is 0 Å². The van der Waals surface area contributed by atoms with Gasteiger partial charge in [-0.25, -0.2) is 0 Å². The average molecular weight is 539 g/mol. The van der Waals surface area contributed by atoms with Gasteiger partial charge in [-0.05, 0) is 115 Å². The molecule has 0 spiro atoms. The highest BCUT2D eigenvalue weighted by atomic mass is 32.1. The van der Waals surface area contributed by atoms with Crippen molar-refractivity contribution in [3.63, 3.8) is 0 Å². The maximum atomic E-state index is 2.43. The van der Waals surface area contributed by atoms with E-state index in [1.165, 1.54) is 85.5 Å². The van der Waals surface area contributed by atoms with Crippen LogP contribution in [-0.2, 0) is 12.8 Å². The average Bonchev–Trinajstić information content (AvgIpc) is 3.41. The first-order valence-electron chi connectivity index (χ1n) is 14.4. The van der Waals surface area contributed by atoms with Crippen LogP contribution >= 0.6 is 11.3 Å². The Balaban J connectivity index is 1.28. The monoisotopic (exact) mass is 538 g/mol. The summed E-state index contributed by atoms with van der Waals surface area (Å²) in [7, 11) is 0. The van der Waals surface area contributed by atoms with Crippen LogP contribution in [-0.4, -0.2) is 0 Å². The number of hydrogen-bond donors (Lipinski definition) is 0. The molecule has 41 heavy (non-hydrogen) atoms. The Kier molecular flexibility index (Phi) is 5.00. The summed E-state index contributed by atoms with van der Waals surface area (Å²) in [5.74, 6) is 0. The lowest BCUT2D eigenvalue weighted by Crippen LogP contribution is -2.26. The Bertz CT molecular complexity index is 2410. The summed E-state index contributed by atoms with van der Waals surface area (Å²) in [6.07, 6.45) is 15.6. The molecule has 0 nitrogen and oxygen atoms in total. The van der Waals surface area contributed by atoms with Gasteiger partial charge in [-0.15, -0.1) is 11.3 Å². The third-order valence-corrected chi connectivity index (χ3v) is 10.1. The van der Waals surface area contributed by atoms with Crippen molar-refractivity contribution in [3.8, 4) is 22.3 Å². The molecule has 0 amide bonds. The Morgan fingerprint density at radius 2 is 1.15 bits per heavy atom. The molecule has 9 rings (SSSR count). The number of allylic oxidation sites excluding steroid dienone is 4. The summed E-state index contributed by atoms with van der Waals surface area (Å²) in [5.41, 5.74) is 8.18. The van der Waals surface area contributed by atoms with Crippen LogP contribution in [0.2, 0.25) is 0 Å². The summed E-state index contributed by atoms with van der Waals surface area (Å²) in [4.78, 5) is 0. The van der Waals surface area contributed by atoms with Gasteiger partial charge in [-0.3, -0.25) is 0 Å². The van der Waals surface area contributed by atoms with Gasteiger partial charge >= 0.3 is 0 Å². The summed E-state index contributed by atoms with van der Waals surface area (Å²) in [6.45, 7) is 0. The van der Waals surface area contributed by atoms with Gasteiger partial charge in [0.25, 0.3) is 0 Å². The number of fused-ring (bicyclic) bond motifs is 9. The van der Waals surface area contributed by atoms with Gasteiger partial charge in [-0.2, -0.15) is 0 Å². The molecule has 2 aliphatic carbocycles. The molecule has 0 N–H and O–H groups in total. The van der Waals surface area contributed by atoms with E-state index in [-0.39, 0.29) is 0 Å². The van der Waals surface area contributed by atoms with E-state index in [2.05, 4.69) is 134 Å². The van der Waals surface area contributed by atoms with Crippen LogP contribution in [0.25, 0.3) is 76.1 Å². The van der Waals surface area contributed by atoms with E-state index in [0.717, 1.165) is 12.8 Å². The minimum atomic E-state index is 1.01. The molecule has 0 aliphatic heterocycles. The van der Waals surface area contributed by atoms with E-state index in [4.69, 9.17) is 0 Å². The van der Waals surface area contributed by atoms with E-state index < -0.39 is 0 Å². The first-order chi connectivity index (χ1) is 20.3. The van der Waals surface area contributed by atoms with Crippen LogP contribution in [0, 0.1) is 0 Å². The Labute approximate surface area is 242 Å². The zero-order valence-electron chi connectivity index (χ0n) is 22.5. The lowest BCUT2D eigenvalue weighted by atomic mass is 9.87. The number of hydrogen-bond acceptors (Lipinski definition) is 1. The van der Waals surface area contributed by atoms with E-state index >= 15 is 0 Å². The van der Waals surface area contributed by atoms with Crippen molar-refractivity contribution < 1.29 is 0 Å². The second-order valence-electron chi connectivity index (χ2n) is 11.2. The maximum absolute atomic E-state index is 2.43. The fraction of sp³-hybridized carbons (Fsp3) is 0.0500. The Morgan fingerprint density at radius 1 is 0.488 bits per heavy atom. The normalized spacial score (nSPS) is 13.9. The van der Waals surface area contributed by atoms with Crippen molar-refractivity contribution in [2.24, 2.45) is 0 Å². The summed E-state index contributed by atoms with van der Waals surface area (Å²) >= 11 is 1.89. The molecular formula is C40H26S. The third-order valence-electron chi connectivity index (χ3n) is 8.94. The topological polar surface area (TPSA) is 0 Å². The molecule has 1 aromatic heterocycles. The van der Waals surface area contributed by atoms with Gasteiger partial charge in [-0.1, -0.05) is 97.1 Å². The van der Waals surface area contributed by atoms with E-state index in [1.54, 1.807) is 0 Å². The molecule has 192 valence electrons. The molecule has 2 aliphatic rings. The number of thiophene rings is 1. The first-order valence-corrected chi connectivity index (χ1v) is 15.2. The minimum absolute atomic E-state index is 1.01. The van der Waals surface area contributed by atoms with Crippen molar-refractivity contribution in [1.82, 2.24) is 0 Å².